The third-order valence-electron chi connectivity index (χ3n) is 4.64. The van der Waals surface area contributed by atoms with E-state index in [9.17, 15) is 0 Å². The molecule has 0 aliphatic carbocycles. The third-order valence-corrected chi connectivity index (χ3v) is 4.64. The van der Waals surface area contributed by atoms with E-state index in [-0.39, 0.29) is 23.3 Å². The highest BCUT2D eigenvalue weighted by Crippen LogP contribution is 2.25. The predicted molar refractivity (Wildman–Crippen MR) is 119 cm³/mol. The van der Waals surface area contributed by atoms with Crippen molar-refractivity contribution < 1.29 is 0 Å². The van der Waals surface area contributed by atoms with E-state index in [0.29, 0.717) is 22.9 Å². The lowest BCUT2D eigenvalue weighted by Crippen LogP contribution is -2.17. The van der Waals surface area contributed by atoms with E-state index in [1.165, 1.54) is 6.33 Å². The van der Waals surface area contributed by atoms with Crippen molar-refractivity contribution in [1.82, 2.24) is 29.9 Å². The van der Waals surface area contributed by atoms with Gasteiger partial charge in [-0.25, -0.2) is 24.9 Å². The van der Waals surface area contributed by atoms with E-state index < -0.39 is 0 Å². The van der Waals surface area contributed by atoms with Crippen LogP contribution in [0.3, 0.4) is 0 Å². The summed E-state index contributed by atoms with van der Waals surface area (Å²) in [6.45, 7) is 1.91. The van der Waals surface area contributed by atoms with Gasteiger partial charge in [-0.15, -0.1) is 0 Å². The molecule has 0 fully saturated rings. The molecule has 4 N–H and O–H groups in total. The molecular formula is C22H18N10. The summed E-state index contributed by atoms with van der Waals surface area (Å²) in [5.74, 6) is 1.04. The summed E-state index contributed by atoms with van der Waals surface area (Å²) in [6.07, 6.45) is 6.39. The van der Waals surface area contributed by atoms with Crippen molar-refractivity contribution in [1.29, 1.82) is 10.7 Å². The molecule has 4 rings (SSSR count). The molecule has 0 radical (unpaired) electrons. The van der Waals surface area contributed by atoms with E-state index in [1.54, 1.807) is 42.9 Å². The minimum atomic E-state index is -0.285. The standard InChI is InChI=1S/C22H18N10/c1-13(16-7-9-27-21(32-16)14-4-3-8-26-11-14)30-22-18(20(25)28-12-29-22)19(24)17-6-2-5-15(10-23)31-17/h2-9,11-13,24H,1H3,(H3,25,28,29,30). The first-order valence-corrected chi connectivity index (χ1v) is 9.63. The summed E-state index contributed by atoms with van der Waals surface area (Å²) in [5.41, 5.74) is 8.41. The fraction of sp³-hybridized carbons (Fsp3) is 0.0909. The highest BCUT2D eigenvalue weighted by molar-refractivity contribution is 6.15. The van der Waals surface area contributed by atoms with Crippen LogP contribution in [0.25, 0.3) is 11.4 Å². The van der Waals surface area contributed by atoms with Crippen LogP contribution in [0, 0.1) is 16.7 Å². The zero-order chi connectivity index (χ0) is 22.5. The number of rotatable bonds is 6. The summed E-state index contributed by atoms with van der Waals surface area (Å²) < 4.78 is 0. The largest absolute Gasteiger partial charge is 0.383 e. The predicted octanol–water partition coefficient (Wildman–Crippen LogP) is 2.77. The van der Waals surface area contributed by atoms with Crippen molar-refractivity contribution >= 4 is 17.3 Å². The fourth-order valence-electron chi connectivity index (χ4n) is 3.05. The number of nitrogens with one attached hydrogen (secondary N) is 2. The maximum Gasteiger partial charge on any atom is 0.161 e. The summed E-state index contributed by atoms with van der Waals surface area (Å²) in [5, 5.41) is 21.0. The molecule has 4 aromatic heterocycles. The lowest BCUT2D eigenvalue weighted by Gasteiger charge is -2.18. The Bertz CT molecular complexity index is 1310. The van der Waals surface area contributed by atoms with E-state index in [4.69, 9.17) is 16.4 Å². The molecule has 0 aliphatic heterocycles. The van der Waals surface area contributed by atoms with Crippen LogP contribution in [0.2, 0.25) is 0 Å². The van der Waals surface area contributed by atoms with Crippen LogP contribution >= 0.6 is 0 Å². The number of nitriles is 1. The van der Waals surface area contributed by atoms with E-state index in [2.05, 4.69) is 35.2 Å². The summed E-state index contributed by atoms with van der Waals surface area (Å²) in [4.78, 5) is 25.5. The molecule has 156 valence electrons. The molecule has 0 saturated carbocycles. The highest BCUT2D eigenvalue weighted by Gasteiger charge is 2.20. The second-order valence-corrected chi connectivity index (χ2v) is 6.79. The number of nitrogen functional groups attached to an aromatic ring is 1. The van der Waals surface area contributed by atoms with Gasteiger partial charge in [0.15, 0.2) is 5.82 Å². The van der Waals surface area contributed by atoms with Gasteiger partial charge in [0.25, 0.3) is 0 Å². The second-order valence-electron chi connectivity index (χ2n) is 6.79. The Balaban J connectivity index is 1.65. The highest BCUT2D eigenvalue weighted by atomic mass is 15.1. The lowest BCUT2D eigenvalue weighted by molar-refractivity contribution is 0.823. The van der Waals surface area contributed by atoms with E-state index in [0.717, 1.165) is 11.3 Å². The maximum absolute atomic E-state index is 9.11. The lowest BCUT2D eigenvalue weighted by atomic mass is 10.1. The van der Waals surface area contributed by atoms with Crippen molar-refractivity contribution in [3.05, 3.63) is 84.0 Å². The molecule has 0 bridgehead atoms. The molecule has 4 heterocycles. The van der Waals surface area contributed by atoms with Gasteiger partial charge in [-0.05, 0) is 37.3 Å². The number of hydrogen-bond donors (Lipinski definition) is 3. The summed E-state index contributed by atoms with van der Waals surface area (Å²) in [7, 11) is 0. The number of nitrogens with two attached hydrogens (primary N) is 1. The van der Waals surface area contributed by atoms with Crippen LogP contribution in [-0.4, -0.2) is 35.6 Å². The number of nitrogens with zero attached hydrogens (tertiary/aromatic N) is 7. The van der Waals surface area contributed by atoms with Crippen molar-refractivity contribution in [2.45, 2.75) is 13.0 Å². The SMILES string of the molecule is CC(Nc1ncnc(N)c1C(=N)c1cccc(C#N)n1)c1ccnc(-c2cccnc2)n1. The first-order chi connectivity index (χ1) is 15.6. The molecule has 32 heavy (non-hydrogen) atoms. The maximum atomic E-state index is 9.11. The first kappa shape index (κ1) is 20.5. The summed E-state index contributed by atoms with van der Waals surface area (Å²) in [6, 6.07) is 12.1. The Kier molecular flexibility index (Phi) is 5.72. The van der Waals surface area contributed by atoms with Crippen LogP contribution in [0.1, 0.15) is 35.6 Å². The van der Waals surface area contributed by atoms with Crippen LogP contribution < -0.4 is 11.1 Å². The quantitative estimate of drug-likeness (QED) is 0.396. The Morgan fingerprint density at radius 3 is 2.75 bits per heavy atom. The van der Waals surface area contributed by atoms with Gasteiger partial charge in [0, 0.05) is 24.2 Å². The van der Waals surface area contributed by atoms with E-state index in [1.807, 2.05) is 25.1 Å². The van der Waals surface area contributed by atoms with Gasteiger partial charge in [0.2, 0.25) is 0 Å². The normalized spacial score (nSPS) is 11.4. The molecule has 0 saturated heterocycles. The zero-order valence-electron chi connectivity index (χ0n) is 17.1. The topological polar surface area (TPSA) is 163 Å². The fourth-order valence-corrected chi connectivity index (χ4v) is 3.05. The minimum Gasteiger partial charge on any atom is -0.383 e. The third kappa shape index (κ3) is 4.22. The molecule has 1 atom stereocenters. The van der Waals surface area contributed by atoms with Crippen molar-refractivity contribution in [3.63, 3.8) is 0 Å². The first-order valence-electron chi connectivity index (χ1n) is 9.63. The van der Waals surface area contributed by atoms with E-state index >= 15 is 0 Å². The van der Waals surface area contributed by atoms with Crippen LogP contribution in [0.15, 0.2) is 61.3 Å². The van der Waals surface area contributed by atoms with Crippen molar-refractivity contribution in [2.75, 3.05) is 11.1 Å². The average molecular weight is 422 g/mol. The smallest absolute Gasteiger partial charge is 0.161 e. The van der Waals surface area contributed by atoms with Crippen molar-refractivity contribution in [2.24, 2.45) is 0 Å². The number of hydrogen-bond acceptors (Lipinski definition) is 10. The van der Waals surface area contributed by atoms with Crippen LogP contribution in [0.5, 0.6) is 0 Å². The number of pyridine rings is 2. The van der Waals surface area contributed by atoms with Gasteiger partial charge in [-0.2, -0.15) is 5.26 Å². The number of aromatic nitrogens is 6. The van der Waals surface area contributed by atoms with Gasteiger partial charge in [0.05, 0.1) is 28.7 Å². The Morgan fingerprint density at radius 2 is 1.97 bits per heavy atom. The molecule has 10 heteroatoms. The minimum absolute atomic E-state index is 0.00800. The van der Waals surface area contributed by atoms with Crippen molar-refractivity contribution in [3.8, 4) is 17.5 Å². The molecule has 4 aromatic rings. The molecular weight excluding hydrogens is 404 g/mol. The van der Waals surface area contributed by atoms with Crippen LogP contribution in [-0.2, 0) is 0 Å². The van der Waals surface area contributed by atoms with Gasteiger partial charge < -0.3 is 11.1 Å². The zero-order valence-corrected chi connectivity index (χ0v) is 17.1. The molecule has 10 nitrogen and oxygen atoms in total. The monoisotopic (exact) mass is 422 g/mol. The Labute approximate surface area is 183 Å². The second kappa shape index (κ2) is 8.93. The van der Waals surface area contributed by atoms with Gasteiger partial charge in [0.1, 0.15) is 29.7 Å². The average Bonchev–Trinajstić information content (AvgIpc) is 2.84. The van der Waals surface area contributed by atoms with Gasteiger partial charge in [-0.3, -0.25) is 10.4 Å². The molecule has 0 aromatic carbocycles. The van der Waals surface area contributed by atoms with Gasteiger partial charge in [-0.1, -0.05) is 6.07 Å². The molecule has 0 spiro atoms. The molecule has 0 amide bonds. The Hall–Kier alpha value is -4.78. The molecule has 1 unspecified atom stereocenters. The molecule has 0 aliphatic rings. The summed E-state index contributed by atoms with van der Waals surface area (Å²) >= 11 is 0. The van der Waals surface area contributed by atoms with Crippen LogP contribution in [0.4, 0.5) is 11.6 Å². The Morgan fingerprint density at radius 1 is 1.09 bits per heavy atom. The number of anilines is 2. The van der Waals surface area contributed by atoms with Gasteiger partial charge >= 0.3 is 0 Å².